The van der Waals surface area contributed by atoms with Crippen LogP contribution in [0.5, 0.6) is 0 Å². The Bertz CT molecular complexity index is 453. The smallest absolute Gasteiger partial charge is 0.324 e. The number of carbonyl (C=O) groups excluding carboxylic acids is 1. The standard InChI is InChI=1S/C13H15F3N2O/c14-13(15,16)9-5-1-2-6-10(9)18-12(19)11-7-3-4-8-17-11/h1-2,5-6,11,17H,3-4,7-8H2,(H,18,19)/t11-/m1/s1. The van der Waals surface area contributed by atoms with Crippen molar-refractivity contribution < 1.29 is 18.0 Å². The number of carbonyl (C=O) groups is 1. The Balaban J connectivity index is 2.12. The third kappa shape index (κ3) is 3.47. The number of anilines is 1. The minimum Gasteiger partial charge on any atom is -0.324 e. The molecule has 1 fully saturated rings. The Hall–Kier alpha value is -1.56. The van der Waals surface area contributed by atoms with Crippen molar-refractivity contribution in [2.75, 3.05) is 11.9 Å². The summed E-state index contributed by atoms with van der Waals surface area (Å²) < 4.78 is 38.3. The summed E-state index contributed by atoms with van der Waals surface area (Å²) in [6, 6.07) is 4.60. The van der Waals surface area contributed by atoms with E-state index >= 15 is 0 Å². The molecule has 0 spiro atoms. The van der Waals surface area contributed by atoms with Gasteiger partial charge in [-0.05, 0) is 31.5 Å². The highest BCUT2D eigenvalue weighted by Crippen LogP contribution is 2.34. The third-order valence-corrected chi connectivity index (χ3v) is 3.12. The van der Waals surface area contributed by atoms with Gasteiger partial charge in [-0.2, -0.15) is 13.2 Å². The molecule has 1 atom stereocenters. The summed E-state index contributed by atoms with van der Waals surface area (Å²) in [5, 5.41) is 5.37. The Morgan fingerprint density at radius 1 is 1.26 bits per heavy atom. The fraction of sp³-hybridized carbons (Fsp3) is 0.462. The average molecular weight is 272 g/mol. The molecule has 0 aliphatic carbocycles. The van der Waals surface area contributed by atoms with Crippen molar-refractivity contribution in [3.63, 3.8) is 0 Å². The summed E-state index contributed by atoms with van der Waals surface area (Å²) in [6.07, 6.45) is -1.92. The van der Waals surface area contributed by atoms with Crippen molar-refractivity contribution in [3.8, 4) is 0 Å². The van der Waals surface area contributed by atoms with E-state index in [0.717, 1.165) is 25.5 Å². The third-order valence-electron chi connectivity index (χ3n) is 3.12. The SMILES string of the molecule is O=C(Nc1ccccc1C(F)(F)F)[C@H]1CCCCN1. The fourth-order valence-electron chi connectivity index (χ4n) is 2.13. The molecule has 1 amide bonds. The molecule has 3 nitrogen and oxygen atoms in total. The summed E-state index contributed by atoms with van der Waals surface area (Å²) in [4.78, 5) is 11.9. The highest BCUT2D eigenvalue weighted by molar-refractivity contribution is 5.95. The summed E-state index contributed by atoms with van der Waals surface area (Å²) in [7, 11) is 0. The van der Waals surface area contributed by atoms with Crippen LogP contribution in [0.25, 0.3) is 0 Å². The molecule has 2 rings (SSSR count). The predicted molar refractivity (Wildman–Crippen MR) is 65.7 cm³/mol. The van der Waals surface area contributed by atoms with Crippen LogP contribution >= 0.6 is 0 Å². The van der Waals surface area contributed by atoms with E-state index in [1.807, 2.05) is 0 Å². The van der Waals surface area contributed by atoms with Crippen LogP contribution in [-0.2, 0) is 11.0 Å². The Morgan fingerprint density at radius 2 is 2.00 bits per heavy atom. The van der Waals surface area contributed by atoms with E-state index in [2.05, 4.69) is 10.6 Å². The summed E-state index contributed by atoms with van der Waals surface area (Å²) in [5.74, 6) is -0.406. The highest BCUT2D eigenvalue weighted by atomic mass is 19.4. The normalized spacial score (nSPS) is 20.1. The van der Waals surface area contributed by atoms with E-state index in [-0.39, 0.29) is 5.69 Å². The van der Waals surface area contributed by atoms with Crippen LogP contribution in [0.2, 0.25) is 0 Å². The molecule has 1 aromatic carbocycles. The van der Waals surface area contributed by atoms with Crippen molar-refractivity contribution in [2.24, 2.45) is 0 Å². The number of halogens is 3. The Kier molecular flexibility index (Phi) is 4.09. The van der Waals surface area contributed by atoms with Gasteiger partial charge in [0.25, 0.3) is 0 Å². The maximum Gasteiger partial charge on any atom is 0.418 e. The van der Waals surface area contributed by atoms with Gasteiger partial charge in [-0.15, -0.1) is 0 Å². The van der Waals surface area contributed by atoms with Crippen molar-refractivity contribution in [1.82, 2.24) is 5.32 Å². The molecule has 104 valence electrons. The number of hydrogen-bond donors (Lipinski definition) is 2. The van der Waals surface area contributed by atoms with E-state index in [9.17, 15) is 18.0 Å². The molecule has 0 unspecified atom stereocenters. The number of alkyl halides is 3. The number of hydrogen-bond acceptors (Lipinski definition) is 2. The predicted octanol–water partition coefficient (Wildman–Crippen LogP) is 2.79. The number of piperidine rings is 1. The Labute approximate surface area is 109 Å². The van der Waals surface area contributed by atoms with Gasteiger partial charge in [-0.1, -0.05) is 18.6 Å². The van der Waals surface area contributed by atoms with E-state index < -0.39 is 23.7 Å². The zero-order valence-corrected chi connectivity index (χ0v) is 10.3. The van der Waals surface area contributed by atoms with Gasteiger partial charge in [0.2, 0.25) is 5.91 Å². The first kappa shape index (κ1) is 13.9. The molecule has 1 aromatic rings. The van der Waals surface area contributed by atoms with Crippen LogP contribution in [0.15, 0.2) is 24.3 Å². The van der Waals surface area contributed by atoms with E-state index in [0.29, 0.717) is 6.42 Å². The number of nitrogens with one attached hydrogen (secondary N) is 2. The lowest BCUT2D eigenvalue weighted by Crippen LogP contribution is -2.43. The molecule has 0 aromatic heterocycles. The maximum atomic E-state index is 12.8. The van der Waals surface area contributed by atoms with Crippen LogP contribution in [0.4, 0.5) is 18.9 Å². The Morgan fingerprint density at radius 3 is 2.63 bits per heavy atom. The second-order valence-electron chi connectivity index (χ2n) is 4.54. The molecule has 6 heteroatoms. The van der Waals surface area contributed by atoms with Gasteiger partial charge in [0.15, 0.2) is 0 Å². The minimum absolute atomic E-state index is 0.188. The molecule has 0 bridgehead atoms. The molecule has 2 N–H and O–H groups in total. The van der Waals surface area contributed by atoms with Crippen molar-refractivity contribution in [2.45, 2.75) is 31.5 Å². The van der Waals surface area contributed by atoms with Gasteiger partial charge >= 0.3 is 6.18 Å². The highest BCUT2D eigenvalue weighted by Gasteiger charge is 2.34. The monoisotopic (exact) mass is 272 g/mol. The largest absolute Gasteiger partial charge is 0.418 e. The first-order valence-electron chi connectivity index (χ1n) is 6.19. The fourth-order valence-corrected chi connectivity index (χ4v) is 2.13. The van der Waals surface area contributed by atoms with Crippen LogP contribution < -0.4 is 10.6 Å². The lowest BCUT2D eigenvalue weighted by molar-refractivity contribution is -0.137. The maximum absolute atomic E-state index is 12.8. The molecule has 1 aliphatic rings. The lowest BCUT2D eigenvalue weighted by Gasteiger charge is -2.23. The van der Waals surface area contributed by atoms with E-state index in [1.54, 1.807) is 0 Å². The van der Waals surface area contributed by atoms with Crippen LogP contribution in [0.3, 0.4) is 0 Å². The van der Waals surface area contributed by atoms with E-state index in [4.69, 9.17) is 0 Å². The molecular formula is C13H15F3N2O. The van der Waals surface area contributed by atoms with Gasteiger partial charge in [0, 0.05) is 0 Å². The summed E-state index contributed by atoms with van der Waals surface area (Å²) in [6.45, 7) is 0.721. The van der Waals surface area contributed by atoms with Gasteiger partial charge < -0.3 is 10.6 Å². The molecule has 0 saturated carbocycles. The van der Waals surface area contributed by atoms with Crippen LogP contribution in [0.1, 0.15) is 24.8 Å². The quantitative estimate of drug-likeness (QED) is 0.869. The van der Waals surface area contributed by atoms with Crippen LogP contribution in [-0.4, -0.2) is 18.5 Å². The van der Waals surface area contributed by atoms with Crippen molar-refractivity contribution in [1.29, 1.82) is 0 Å². The van der Waals surface area contributed by atoms with Gasteiger partial charge in [0.1, 0.15) is 0 Å². The van der Waals surface area contributed by atoms with E-state index in [1.165, 1.54) is 18.2 Å². The molecule has 1 saturated heterocycles. The summed E-state index contributed by atoms with van der Waals surface area (Å²) in [5.41, 5.74) is -1.01. The van der Waals surface area contributed by atoms with Crippen molar-refractivity contribution in [3.05, 3.63) is 29.8 Å². The number of benzene rings is 1. The molecule has 1 aliphatic heterocycles. The van der Waals surface area contributed by atoms with Gasteiger partial charge in [0.05, 0.1) is 17.3 Å². The van der Waals surface area contributed by atoms with Crippen molar-refractivity contribution >= 4 is 11.6 Å². The minimum atomic E-state index is -4.47. The zero-order valence-electron chi connectivity index (χ0n) is 10.3. The number of rotatable bonds is 2. The number of amides is 1. The molecule has 19 heavy (non-hydrogen) atoms. The molecule has 0 radical (unpaired) electrons. The van der Waals surface area contributed by atoms with Gasteiger partial charge in [-0.25, -0.2) is 0 Å². The lowest BCUT2D eigenvalue weighted by atomic mass is 10.0. The second-order valence-corrected chi connectivity index (χ2v) is 4.54. The second kappa shape index (κ2) is 5.61. The van der Waals surface area contributed by atoms with Crippen LogP contribution in [0, 0.1) is 0 Å². The molecule has 1 heterocycles. The topological polar surface area (TPSA) is 41.1 Å². The molecular weight excluding hydrogens is 257 g/mol. The first-order valence-corrected chi connectivity index (χ1v) is 6.19. The summed E-state index contributed by atoms with van der Waals surface area (Å²) >= 11 is 0. The zero-order chi connectivity index (χ0) is 13.9. The number of para-hydroxylation sites is 1. The first-order chi connectivity index (χ1) is 8.98. The van der Waals surface area contributed by atoms with Gasteiger partial charge in [-0.3, -0.25) is 4.79 Å². The average Bonchev–Trinajstić information content (AvgIpc) is 2.39.